The second-order valence-corrected chi connectivity index (χ2v) is 6.34. The number of benzene rings is 2. The first-order valence-electron chi connectivity index (χ1n) is 8.37. The van der Waals surface area contributed by atoms with Crippen molar-refractivity contribution in [1.82, 2.24) is 4.98 Å². The lowest BCUT2D eigenvalue weighted by molar-refractivity contribution is 0.284. The van der Waals surface area contributed by atoms with Gasteiger partial charge in [0.2, 0.25) is 0 Å². The van der Waals surface area contributed by atoms with E-state index in [4.69, 9.17) is 26.8 Å². The van der Waals surface area contributed by atoms with Gasteiger partial charge in [0.25, 0.3) is 0 Å². The highest BCUT2D eigenvalue weighted by Crippen LogP contribution is 2.30. The monoisotopic (exact) mass is 368 g/mol. The molecule has 1 heterocycles. The SMILES string of the molecule is COc1cc(CC(N)c2ccccn2)ccc1OCc1ccccc1Cl. The van der Waals surface area contributed by atoms with Crippen molar-refractivity contribution in [2.75, 3.05) is 7.11 Å². The van der Waals surface area contributed by atoms with Gasteiger partial charge in [0.1, 0.15) is 6.61 Å². The van der Waals surface area contributed by atoms with E-state index in [9.17, 15) is 0 Å². The summed E-state index contributed by atoms with van der Waals surface area (Å²) >= 11 is 6.17. The first-order chi connectivity index (χ1) is 12.7. The minimum absolute atomic E-state index is 0.171. The zero-order valence-electron chi connectivity index (χ0n) is 14.6. The van der Waals surface area contributed by atoms with Gasteiger partial charge in [-0.1, -0.05) is 41.9 Å². The van der Waals surface area contributed by atoms with Gasteiger partial charge in [0.05, 0.1) is 18.8 Å². The summed E-state index contributed by atoms with van der Waals surface area (Å²) in [5.74, 6) is 1.34. The van der Waals surface area contributed by atoms with Crippen LogP contribution in [0.4, 0.5) is 0 Å². The number of halogens is 1. The maximum atomic E-state index is 6.26. The van der Waals surface area contributed by atoms with Gasteiger partial charge in [0.15, 0.2) is 11.5 Å². The van der Waals surface area contributed by atoms with Crippen LogP contribution in [0.3, 0.4) is 0 Å². The van der Waals surface area contributed by atoms with Gasteiger partial charge in [-0.25, -0.2) is 0 Å². The molecule has 1 unspecified atom stereocenters. The molecule has 134 valence electrons. The van der Waals surface area contributed by atoms with E-state index in [0.717, 1.165) is 16.8 Å². The highest BCUT2D eigenvalue weighted by atomic mass is 35.5. The molecule has 0 aliphatic heterocycles. The Bertz CT molecular complexity index is 856. The molecular formula is C21H21ClN2O2. The molecule has 0 saturated heterocycles. The van der Waals surface area contributed by atoms with E-state index in [1.165, 1.54) is 0 Å². The summed E-state index contributed by atoms with van der Waals surface area (Å²) in [6.45, 7) is 0.378. The lowest BCUT2D eigenvalue weighted by Gasteiger charge is -2.15. The van der Waals surface area contributed by atoms with Crippen molar-refractivity contribution in [2.24, 2.45) is 5.73 Å². The third-order valence-electron chi connectivity index (χ3n) is 4.09. The molecule has 26 heavy (non-hydrogen) atoms. The lowest BCUT2D eigenvalue weighted by Crippen LogP contribution is -2.14. The van der Waals surface area contributed by atoms with Crippen LogP contribution in [0.5, 0.6) is 11.5 Å². The number of nitrogens with zero attached hydrogens (tertiary/aromatic N) is 1. The summed E-state index contributed by atoms with van der Waals surface area (Å²) < 4.78 is 11.4. The average Bonchev–Trinajstić information content (AvgIpc) is 2.68. The third kappa shape index (κ3) is 4.54. The lowest BCUT2D eigenvalue weighted by atomic mass is 10.0. The standard InChI is InChI=1S/C21H21ClN2O2/c1-25-21-13-15(12-18(23)19-8-4-5-11-24-19)9-10-20(21)26-14-16-6-2-3-7-17(16)22/h2-11,13,18H,12,14,23H2,1H3. The van der Waals surface area contributed by atoms with Crippen LogP contribution in [0, 0.1) is 0 Å². The highest BCUT2D eigenvalue weighted by molar-refractivity contribution is 6.31. The topological polar surface area (TPSA) is 57.4 Å². The van der Waals surface area contributed by atoms with Crippen LogP contribution in [0.25, 0.3) is 0 Å². The van der Waals surface area contributed by atoms with Crippen LogP contribution in [0.15, 0.2) is 66.9 Å². The van der Waals surface area contributed by atoms with Gasteiger partial charge in [0, 0.05) is 16.8 Å². The fourth-order valence-corrected chi connectivity index (χ4v) is 2.87. The second-order valence-electron chi connectivity index (χ2n) is 5.93. The Kier molecular flexibility index (Phi) is 6.10. The molecule has 0 saturated carbocycles. The number of hydrogen-bond donors (Lipinski definition) is 1. The Balaban J connectivity index is 1.70. The largest absolute Gasteiger partial charge is 0.493 e. The van der Waals surface area contributed by atoms with E-state index in [2.05, 4.69) is 4.98 Å². The molecule has 3 rings (SSSR count). The zero-order valence-corrected chi connectivity index (χ0v) is 15.3. The van der Waals surface area contributed by atoms with Crippen molar-refractivity contribution in [2.45, 2.75) is 19.1 Å². The van der Waals surface area contributed by atoms with Gasteiger partial charge in [-0.05, 0) is 42.3 Å². The minimum atomic E-state index is -0.171. The molecule has 0 radical (unpaired) electrons. The number of ether oxygens (including phenoxy) is 2. The first-order valence-corrected chi connectivity index (χ1v) is 8.75. The Morgan fingerprint density at radius 2 is 1.85 bits per heavy atom. The molecule has 0 aliphatic rings. The molecule has 0 amide bonds. The molecule has 5 heteroatoms. The second kappa shape index (κ2) is 8.70. The molecule has 2 aromatic carbocycles. The van der Waals surface area contributed by atoms with Crippen LogP contribution in [0.2, 0.25) is 5.02 Å². The minimum Gasteiger partial charge on any atom is -0.493 e. The molecule has 4 nitrogen and oxygen atoms in total. The van der Waals surface area contributed by atoms with Gasteiger partial charge in [-0.3, -0.25) is 4.98 Å². The van der Waals surface area contributed by atoms with E-state index < -0.39 is 0 Å². The number of hydrogen-bond acceptors (Lipinski definition) is 4. The van der Waals surface area contributed by atoms with Gasteiger partial charge in [-0.15, -0.1) is 0 Å². The molecule has 1 aromatic heterocycles. The summed E-state index contributed by atoms with van der Waals surface area (Å²) in [5, 5.41) is 0.685. The Morgan fingerprint density at radius 1 is 1.04 bits per heavy atom. The Hall–Kier alpha value is -2.56. The summed E-state index contributed by atoms with van der Waals surface area (Å²) in [6.07, 6.45) is 2.42. The molecule has 2 N–H and O–H groups in total. The number of nitrogens with two attached hydrogens (primary N) is 1. The summed E-state index contributed by atoms with van der Waals surface area (Å²) in [4.78, 5) is 4.31. The highest BCUT2D eigenvalue weighted by Gasteiger charge is 2.12. The molecule has 0 spiro atoms. The zero-order chi connectivity index (χ0) is 18.4. The number of rotatable bonds is 7. The Labute approximate surface area is 158 Å². The number of pyridine rings is 1. The van der Waals surface area contributed by atoms with Crippen molar-refractivity contribution in [1.29, 1.82) is 0 Å². The van der Waals surface area contributed by atoms with Gasteiger partial charge >= 0.3 is 0 Å². The predicted octanol–water partition coefficient (Wildman–Crippen LogP) is 4.57. The van der Waals surface area contributed by atoms with Crippen LogP contribution >= 0.6 is 11.6 Å². The normalized spacial score (nSPS) is 11.8. The fourth-order valence-electron chi connectivity index (χ4n) is 2.68. The smallest absolute Gasteiger partial charge is 0.161 e. The molecular weight excluding hydrogens is 348 g/mol. The fraction of sp³-hybridized carbons (Fsp3) is 0.190. The van der Waals surface area contributed by atoms with E-state index in [1.807, 2.05) is 60.7 Å². The average molecular weight is 369 g/mol. The molecule has 0 aliphatic carbocycles. The van der Waals surface area contributed by atoms with E-state index in [1.54, 1.807) is 13.3 Å². The van der Waals surface area contributed by atoms with Crippen molar-refractivity contribution >= 4 is 11.6 Å². The summed E-state index contributed by atoms with van der Waals surface area (Å²) in [7, 11) is 1.63. The quantitative estimate of drug-likeness (QED) is 0.664. The van der Waals surface area contributed by atoms with Crippen LogP contribution in [-0.4, -0.2) is 12.1 Å². The summed E-state index contributed by atoms with van der Waals surface area (Å²) in [6, 6.07) is 19.0. The molecule has 1 atom stereocenters. The third-order valence-corrected chi connectivity index (χ3v) is 4.46. The van der Waals surface area contributed by atoms with Gasteiger partial charge in [-0.2, -0.15) is 0 Å². The maximum Gasteiger partial charge on any atom is 0.161 e. The van der Waals surface area contributed by atoms with Crippen molar-refractivity contribution in [3.8, 4) is 11.5 Å². The Morgan fingerprint density at radius 3 is 2.58 bits per heavy atom. The first kappa shape index (κ1) is 18.2. The van der Waals surface area contributed by atoms with Crippen LogP contribution in [-0.2, 0) is 13.0 Å². The number of aromatic nitrogens is 1. The van der Waals surface area contributed by atoms with Gasteiger partial charge < -0.3 is 15.2 Å². The van der Waals surface area contributed by atoms with E-state index in [0.29, 0.717) is 29.5 Å². The predicted molar refractivity (Wildman–Crippen MR) is 104 cm³/mol. The summed E-state index contributed by atoms with van der Waals surface area (Å²) in [5.41, 5.74) is 9.11. The van der Waals surface area contributed by atoms with Crippen molar-refractivity contribution < 1.29 is 9.47 Å². The van der Waals surface area contributed by atoms with Crippen LogP contribution in [0.1, 0.15) is 22.9 Å². The van der Waals surface area contributed by atoms with E-state index in [-0.39, 0.29) is 6.04 Å². The molecule has 0 fully saturated rings. The molecule has 0 bridgehead atoms. The maximum absolute atomic E-state index is 6.26. The van der Waals surface area contributed by atoms with Crippen molar-refractivity contribution in [3.05, 3.63) is 88.7 Å². The van der Waals surface area contributed by atoms with Crippen molar-refractivity contribution in [3.63, 3.8) is 0 Å². The van der Waals surface area contributed by atoms with E-state index >= 15 is 0 Å². The van der Waals surface area contributed by atoms with Crippen LogP contribution < -0.4 is 15.2 Å². The number of methoxy groups -OCH3 is 1. The molecule has 3 aromatic rings.